The molecule has 0 bridgehead atoms. The number of ether oxygens (including phenoxy) is 1. The monoisotopic (exact) mass is 257 g/mol. The van der Waals surface area contributed by atoms with Crippen LogP contribution in [0.1, 0.15) is 52.9 Å². The third kappa shape index (κ3) is 14.8. The van der Waals surface area contributed by atoms with Crippen molar-refractivity contribution in [3.05, 3.63) is 12.7 Å². The molecule has 0 amide bonds. The van der Waals surface area contributed by atoms with Crippen LogP contribution in [0.5, 0.6) is 0 Å². The van der Waals surface area contributed by atoms with Gasteiger partial charge in [0.25, 0.3) is 0 Å². The first-order chi connectivity index (χ1) is 8.51. The van der Waals surface area contributed by atoms with E-state index in [0.29, 0.717) is 32.2 Å². The fourth-order valence-corrected chi connectivity index (χ4v) is 1.27. The average molecular weight is 257 g/mol. The summed E-state index contributed by atoms with van der Waals surface area (Å²) < 4.78 is 5.05. The van der Waals surface area contributed by atoms with Crippen molar-refractivity contribution in [2.75, 3.05) is 6.54 Å². The van der Waals surface area contributed by atoms with Gasteiger partial charge in [-0.15, -0.1) is 6.58 Å². The lowest BCUT2D eigenvalue weighted by Gasteiger charge is -2.11. The second kappa shape index (κ2) is 13.9. The molecule has 0 fully saturated rings. The normalized spacial score (nSPS) is 10.9. The minimum absolute atomic E-state index is 0.150. The largest absolute Gasteiger partial charge is 0.462 e. The number of carbonyl (C=O) groups is 2. The fourth-order valence-electron chi connectivity index (χ4n) is 1.27. The molecular formula is C14H27NO3. The molecule has 1 unspecified atom stereocenters. The SMILES string of the molecule is C=CC.CCCC(=O)CC(C)OC(=O)CCCN. The van der Waals surface area contributed by atoms with Crippen molar-refractivity contribution >= 4 is 11.8 Å². The van der Waals surface area contributed by atoms with Crippen LogP contribution < -0.4 is 5.73 Å². The van der Waals surface area contributed by atoms with Crippen molar-refractivity contribution in [1.82, 2.24) is 0 Å². The molecule has 0 saturated carbocycles. The van der Waals surface area contributed by atoms with Gasteiger partial charge in [-0.05, 0) is 33.2 Å². The quantitative estimate of drug-likeness (QED) is 0.536. The number of nitrogens with two attached hydrogens (primary N) is 1. The van der Waals surface area contributed by atoms with Crippen LogP contribution in [0.2, 0.25) is 0 Å². The standard InChI is InChI=1S/C11H21NO3.C3H6/c1-3-5-10(13)8-9(2)15-11(14)6-4-7-12;1-3-2/h9H,3-8,12H2,1-2H3;3H,1H2,2H3. The summed E-state index contributed by atoms with van der Waals surface area (Å²) in [6, 6.07) is 0. The van der Waals surface area contributed by atoms with Crippen LogP contribution in [-0.4, -0.2) is 24.4 Å². The number of carbonyl (C=O) groups excluding carboxylic acids is 2. The van der Waals surface area contributed by atoms with Gasteiger partial charge in [0.15, 0.2) is 0 Å². The van der Waals surface area contributed by atoms with E-state index < -0.39 is 0 Å². The van der Waals surface area contributed by atoms with E-state index in [-0.39, 0.29) is 17.9 Å². The highest BCUT2D eigenvalue weighted by atomic mass is 16.5. The Bertz CT molecular complexity index is 239. The van der Waals surface area contributed by atoms with Crippen LogP contribution in [0.15, 0.2) is 12.7 Å². The van der Waals surface area contributed by atoms with E-state index in [4.69, 9.17) is 10.5 Å². The lowest BCUT2D eigenvalue weighted by molar-refractivity contribution is -0.149. The van der Waals surface area contributed by atoms with Crippen LogP contribution in [0, 0.1) is 0 Å². The summed E-state index contributed by atoms with van der Waals surface area (Å²) in [6.07, 6.45) is 4.13. The van der Waals surface area contributed by atoms with E-state index in [1.165, 1.54) is 0 Å². The van der Waals surface area contributed by atoms with Gasteiger partial charge in [-0.2, -0.15) is 0 Å². The highest BCUT2D eigenvalue weighted by Gasteiger charge is 2.12. The lowest BCUT2D eigenvalue weighted by Crippen LogP contribution is -2.19. The second-order valence-corrected chi connectivity index (χ2v) is 4.09. The Morgan fingerprint density at radius 1 is 1.39 bits per heavy atom. The first-order valence-electron chi connectivity index (χ1n) is 6.50. The van der Waals surface area contributed by atoms with Gasteiger partial charge in [-0.25, -0.2) is 0 Å². The predicted octanol–water partition coefficient (Wildman–Crippen LogP) is 2.61. The first kappa shape index (κ1) is 19.2. The zero-order chi connectivity index (χ0) is 14.4. The number of hydrogen-bond donors (Lipinski definition) is 1. The Labute approximate surface area is 111 Å². The molecule has 0 aliphatic rings. The Balaban J connectivity index is 0. The molecule has 0 radical (unpaired) electrons. The fraction of sp³-hybridized carbons (Fsp3) is 0.714. The number of ketones is 1. The third-order valence-electron chi connectivity index (χ3n) is 1.96. The molecule has 0 aliphatic carbocycles. The van der Waals surface area contributed by atoms with Gasteiger partial charge in [0.2, 0.25) is 0 Å². The number of rotatable bonds is 8. The molecule has 106 valence electrons. The smallest absolute Gasteiger partial charge is 0.306 e. The molecule has 0 aromatic carbocycles. The summed E-state index contributed by atoms with van der Waals surface area (Å²) >= 11 is 0. The highest BCUT2D eigenvalue weighted by Crippen LogP contribution is 2.04. The van der Waals surface area contributed by atoms with Gasteiger partial charge in [0.1, 0.15) is 11.9 Å². The molecule has 4 heteroatoms. The maximum Gasteiger partial charge on any atom is 0.306 e. The number of hydrogen-bond acceptors (Lipinski definition) is 4. The van der Waals surface area contributed by atoms with Crippen LogP contribution in [0.4, 0.5) is 0 Å². The van der Waals surface area contributed by atoms with Gasteiger partial charge < -0.3 is 10.5 Å². The summed E-state index contributed by atoms with van der Waals surface area (Å²) in [4.78, 5) is 22.4. The lowest BCUT2D eigenvalue weighted by atomic mass is 10.1. The van der Waals surface area contributed by atoms with Crippen LogP contribution in [-0.2, 0) is 14.3 Å². The molecule has 0 heterocycles. The summed E-state index contributed by atoms with van der Waals surface area (Å²) in [5.74, 6) is -0.117. The third-order valence-corrected chi connectivity index (χ3v) is 1.96. The zero-order valence-electron chi connectivity index (χ0n) is 11.9. The van der Waals surface area contributed by atoms with Crippen molar-refractivity contribution in [1.29, 1.82) is 0 Å². The Hall–Kier alpha value is -1.16. The summed E-state index contributed by atoms with van der Waals surface area (Å²) in [6.45, 7) is 9.43. The van der Waals surface area contributed by atoms with Crippen molar-refractivity contribution in [2.45, 2.75) is 59.0 Å². The Kier molecular flexibility index (Phi) is 14.8. The predicted molar refractivity (Wildman–Crippen MR) is 74.2 cm³/mol. The van der Waals surface area contributed by atoms with E-state index in [0.717, 1.165) is 6.42 Å². The Morgan fingerprint density at radius 3 is 2.39 bits per heavy atom. The molecule has 0 saturated heterocycles. The van der Waals surface area contributed by atoms with Crippen molar-refractivity contribution in [3.8, 4) is 0 Å². The molecule has 0 rings (SSSR count). The van der Waals surface area contributed by atoms with Gasteiger partial charge in [-0.1, -0.05) is 13.0 Å². The summed E-state index contributed by atoms with van der Waals surface area (Å²) in [5, 5.41) is 0. The van der Waals surface area contributed by atoms with E-state index in [1.807, 2.05) is 13.8 Å². The van der Waals surface area contributed by atoms with Gasteiger partial charge in [0, 0.05) is 19.3 Å². The van der Waals surface area contributed by atoms with E-state index >= 15 is 0 Å². The molecule has 1 atom stereocenters. The minimum Gasteiger partial charge on any atom is -0.462 e. The summed E-state index contributed by atoms with van der Waals surface area (Å²) in [5.41, 5.74) is 5.27. The average Bonchev–Trinajstić information content (AvgIpc) is 2.27. The summed E-state index contributed by atoms with van der Waals surface area (Å²) in [7, 11) is 0. The van der Waals surface area contributed by atoms with Crippen molar-refractivity contribution in [2.24, 2.45) is 5.73 Å². The second-order valence-electron chi connectivity index (χ2n) is 4.09. The van der Waals surface area contributed by atoms with Crippen LogP contribution in [0.3, 0.4) is 0 Å². The van der Waals surface area contributed by atoms with E-state index in [2.05, 4.69) is 6.58 Å². The molecule has 0 aliphatic heterocycles. The first-order valence-corrected chi connectivity index (χ1v) is 6.50. The molecule has 0 spiro atoms. The number of esters is 1. The van der Waals surface area contributed by atoms with Crippen molar-refractivity contribution < 1.29 is 14.3 Å². The maximum atomic E-state index is 11.2. The van der Waals surface area contributed by atoms with Gasteiger partial charge in [-0.3, -0.25) is 9.59 Å². The number of Topliss-reactive ketones (excluding diaryl/α,β-unsaturated/α-hetero) is 1. The van der Waals surface area contributed by atoms with Crippen LogP contribution in [0.25, 0.3) is 0 Å². The van der Waals surface area contributed by atoms with Gasteiger partial charge >= 0.3 is 5.97 Å². The zero-order valence-corrected chi connectivity index (χ0v) is 11.9. The maximum absolute atomic E-state index is 11.2. The molecule has 2 N–H and O–H groups in total. The van der Waals surface area contributed by atoms with Gasteiger partial charge in [0.05, 0.1) is 0 Å². The van der Waals surface area contributed by atoms with E-state index in [1.54, 1.807) is 13.0 Å². The molecule has 4 nitrogen and oxygen atoms in total. The number of allylic oxidation sites excluding steroid dienone is 1. The van der Waals surface area contributed by atoms with Crippen molar-refractivity contribution in [3.63, 3.8) is 0 Å². The highest BCUT2D eigenvalue weighted by molar-refractivity contribution is 5.79. The molecular weight excluding hydrogens is 230 g/mol. The molecule has 0 aromatic heterocycles. The molecule has 0 aromatic rings. The minimum atomic E-state index is -0.311. The van der Waals surface area contributed by atoms with E-state index in [9.17, 15) is 9.59 Å². The topological polar surface area (TPSA) is 69.4 Å². The molecule has 18 heavy (non-hydrogen) atoms. The van der Waals surface area contributed by atoms with Crippen LogP contribution >= 0.6 is 0 Å². The Morgan fingerprint density at radius 2 is 1.94 bits per heavy atom.